The van der Waals surface area contributed by atoms with Gasteiger partial charge in [0.05, 0.1) is 10.7 Å². The molecular formula is C31H38N2O4S. The first-order chi connectivity index (χ1) is 18.2. The zero-order chi connectivity index (χ0) is 27.0. The molecule has 0 radical (unpaired) electrons. The summed E-state index contributed by atoms with van der Waals surface area (Å²) in [4.78, 5) is 29.2. The summed E-state index contributed by atoms with van der Waals surface area (Å²) in [6.07, 6.45) is 7.02. The molecule has 1 N–H and O–H groups in total. The molecule has 5 rings (SSSR count). The third kappa shape index (κ3) is 6.09. The van der Waals surface area contributed by atoms with Crippen LogP contribution in [0.1, 0.15) is 119 Å². The molecule has 2 fully saturated rings. The Hall–Kier alpha value is -2.80. The highest BCUT2D eigenvalue weighted by atomic mass is 32.1. The first kappa shape index (κ1) is 26.8. The lowest BCUT2D eigenvalue weighted by molar-refractivity contribution is -0.118. The molecule has 6 nitrogen and oxygen atoms in total. The number of thiazole rings is 1. The summed E-state index contributed by atoms with van der Waals surface area (Å²) < 4.78 is 6.08. The molecular weight excluding hydrogens is 496 g/mol. The number of carboxylic acids is 1. The molecule has 0 aliphatic heterocycles. The standard InChI is InChI=1S/C31H38N2O4S/c1-17(2)9-20-11-24(12-20)30-28(21-7-8-21)29(33-37-30)23(15-27-32-26(16-38-27)31(35)36)14-25(34)13-22-6-5-18(3)10-19(22)4/h5-6,10,16-17,20-21,23-24H,7-9,11-15H2,1-4H3,(H,35,36). The van der Waals surface area contributed by atoms with Gasteiger partial charge in [-0.1, -0.05) is 42.8 Å². The second-order valence-corrected chi connectivity index (χ2v) is 12.9. The number of Topliss-reactive ketones (excluding diaryl/α,β-unsaturated/α-hetero) is 1. The van der Waals surface area contributed by atoms with E-state index in [0.29, 0.717) is 37.0 Å². The molecule has 2 aromatic heterocycles. The van der Waals surface area contributed by atoms with E-state index in [1.54, 1.807) is 5.38 Å². The third-order valence-corrected chi connectivity index (χ3v) is 8.99. The maximum atomic E-state index is 13.4. The highest BCUT2D eigenvalue weighted by molar-refractivity contribution is 7.09. The van der Waals surface area contributed by atoms with E-state index in [1.807, 2.05) is 6.07 Å². The van der Waals surface area contributed by atoms with Gasteiger partial charge in [-0.05, 0) is 74.8 Å². The number of nitrogens with zero attached hydrogens (tertiary/aromatic N) is 2. The molecule has 202 valence electrons. The number of carboxylic acid groups (broad SMARTS) is 1. The number of aromatic nitrogens is 2. The highest BCUT2D eigenvalue weighted by Gasteiger charge is 2.41. The minimum absolute atomic E-state index is 0.0549. The fourth-order valence-electron chi connectivity index (χ4n) is 6.09. The van der Waals surface area contributed by atoms with Crippen LogP contribution in [0.3, 0.4) is 0 Å². The monoisotopic (exact) mass is 534 g/mol. The van der Waals surface area contributed by atoms with Crippen LogP contribution in [0.5, 0.6) is 0 Å². The van der Waals surface area contributed by atoms with Crippen molar-refractivity contribution in [2.24, 2.45) is 11.8 Å². The lowest BCUT2D eigenvalue weighted by atomic mass is 9.69. The number of rotatable bonds is 12. The van der Waals surface area contributed by atoms with Crippen molar-refractivity contribution in [3.63, 3.8) is 0 Å². The molecule has 1 unspecified atom stereocenters. The second kappa shape index (κ2) is 11.1. The smallest absolute Gasteiger partial charge is 0.355 e. The number of aryl methyl sites for hydroxylation is 2. The van der Waals surface area contributed by atoms with Crippen LogP contribution in [0, 0.1) is 25.7 Å². The molecule has 0 amide bonds. The van der Waals surface area contributed by atoms with Crippen LogP contribution in [-0.4, -0.2) is 27.0 Å². The predicted molar refractivity (Wildman–Crippen MR) is 148 cm³/mol. The lowest BCUT2D eigenvalue weighted by Gasteiger charge is -2.35. The molecule has 0 spiro atoms. The molecule has 2 aliphatic carbocycles. The van der Waals surface area contributed by atoms with Gasteiger partial charge >= 0.3 is 5.97 Å². The topological polar surface area (TPSA) is 93.3 Å². The van der Waals surface area contributed by atoms with Crippen LogP contribution in [0.25, 0.3) is 0 Å². The van der Waals surface area contributed by atoms with E-state index < -0.39 is 5.97 Å². The largest absolute Gasteiger partial charge is 0.476 e. The van der Waals surface area contributed by atoms with Gasteiger partial charge in [-0.25, -0.2) is 9.78 Å². The molecule has 0 saturated heterocycles. The molecule has 1 atom stereocenters. The summed E-state index contributed by atoms with van der Waals surface area (Å²) in [6, 6.07) is 6.21. The summed E-state index contributed by atoms with van der Waals surface area (Å²) >= 11 is 1.34. The minimum Gasteiger partial charge on any atom is -0.476 e. The normalized spacial score (nSPS) is 19.9. The third-order valence-electron chi connectivity index (χ3n) is 8.12. The molecule has 2 heterocycles. The van der Waals surface area contributed by atoms with Crippen molar-refractivity contribution < 1.29 is 19.2 Å². The Labute approximate surface area is 228 Å². The van der Waals surface area contributed by atoms with Crippen molar-refractivity contribution in [2.75, 3.05) is 0 Å². The number of ketones is 1. The Bertz CT molecular complexity index is 1310. The average Bonchev–Trinajstić information content (AvgIpc) is 3.38. The van der Waals surface area contributed by atoms with Crippen molar-refractivity contribution in [1.29, 1.82) is 0 Å². The van der Waals surface area contributed by atoms with Crippen molar-refractivity contribution in [1.82, 2.24) is 10.1 Å². The molecule has 7 heteroatoms. The number of hydrogen-bond donors (Lipinski definition) is 1. The van der Waals surface area contributed by atoms with E-state index in [1.165, 1.54) is 28.9 Å². The van der Waals surface area contributed by atoms with Gasteiger partial charge in [0, 0.05) is 42.0 Å². The Morgan fingerprint density at radius 1 is 1.16 bits per heavy atom. The van der Waals surface area contributed by atoms with E-state index in [2.05, 4.69) is 50.0 Å². The summed E-state index contributed by atoms with van der Waals surface area (Å²) in [6.45, 7) is 8.67. The van der Waals surface area contributed by atoms with E-state index in [9.17, 15) is 14.7 Å². The molecule has 3 aromatic rings. The summed E-state index contributed by atoms with van der Waals surface area (Å²) in [7, 11) is 0. The van der Waals surface area contributed by atoms with E-state index in [4.69, 9.17) is 4.52 Å². The number of carbonyl (C=O) groups is 2. The fourth-order valence-corrected chi connectivity index (χ4v) is 6.94. The fraction of sp³-hybridized carbons (Fsp3) is 0.548. The van der Waals surface area contributed by atoms with Gasteiger partial charge in [0.2, 0.25) is 0 Å². The number of benzene rings is 1. The maximum absolute atomic E-state index is 13.4. The van der Waals surface area contributed by atoms with Crippen LogP contribution < -0.4 is 0 Å². The quantitative estimate of drug-likeness (QED) is 0.260. The van der Waals surface area contributed by atoms with Crippen LogP contribution >= 0.6 is 11.3 Å². The second-order valence-electron chi connectivity index (χ2n) is 12.0. The van der Waals surface area contributed by atoms with Crippen molar-refractivity contribution in [3.05, 3.63) is 68.0 Å². The predicted octanol–water partition coefficient (Wildman–Crippen LogP) is 7.39. The first-order valence-corrected chi connectivity index (χ1v) is 14.8. The van der Waals surface area contributed by atoms with E-state index in [0.717, 1.165) is 59.2 Å². The van der Waals surface area contributed by atoms with Gasteiger partial charge in [0.25, 0.3) is 0 Å². The van der Waals surface area contributed by atoms with Crippen LogP contribution in [0.2, 0.25) is 0 Å². The van der Waals surface area contributed by atoms with Gasteiger partial charge in [0.15, 0.2) is 5.69 Å². The van der Waals surface area contributed by atoms with E-state index in [-0.39, 0.29) is 17.4 Å². The van der Waals surface area contributed by atoms with Crippen LogP contribution in [-0.2, 0) is 17.6 Å². The van der Waals surface area contributed by atoms with Crippen molar-refractivity contribution >= 4 is 23.1 Å². The lowest BCUT2D eigenvalue weighted by Crippen LogP contribution is -2.23. The Morgan fingerprint density at radius 3 is 2.55 bits per heavy atom. The number of aromatic carboxylic acids is 1. The summed E-state index contributed by atoms with van der Waals surface area (Å²) in [5, 5.41) is 16.3. The zero-order valence-corrected chi connectivity index (χ0v) is 23.6. The van der Waals surface area contributed by atoms with Gasteiger partial charge < -0.3 is 9.63 Å². The zero-order valence-electron chi connectivity index (χ0n) is 22.8. The number of hydrogen-bond acceptors (Lipinski definition) is 6. The highest BCUT2D eigenvalue weighted by Crippen LogP contribution is 2.52. The van der Waals surface area contributed by atoms with E-state index >= 15 is 0 Å². The first-order valence-electron chi connectivity index (χ1n) is 13.9. The molecule has 2 aliphatic rings. The van der Waals surface area contributed by atoms with Crippen molar-refractivity contribution in [3.8, 4) is 0 Å². The maximum Gasteiger partial charge on any atom is 0.355 e. The molecule has 1 aromatic carbocycles. The Balaban J connectivity index is 1.40. The van der Waals surface area contributed by atoms with Gasteiger partial charge in [-0.3, -0.25) is 4.79 Å². The van der Waals surface area contributed by atoms with Gasteiger partial charge in [0.1, 0.15) is 11.5 Å². The summed E-state index contributed by atoms with van der Waals surface area (Å²) in [5.74, 6) is 2.32. The minimum atomic E-state index is -1.03. The Morgan fingerprint density at radius 2 is 1.92 bits per heavy atom. The SMILES string of the molecule is Cc1ccc(CC(=O)CC(Cc2nc(C(=O)O)cs2)c2noc(C3CC(CC(C)C)C3)c2C2CC2)c(C)c1. The molecule has 0 bridgehead atoms. The van der Waals surface area contributed by atoms with Gasteiger partial charge in [-0.2, -0.15) is 0 Å². The van der Waals surface area contributed by atoms with Crippen LogP contribution in [0.15, 0.2) is 28.1 Å². The number of carbonyl (C=O) groups excluding carboxylic acids is 1. The molecule has 2 saturated carbocycles. The van der Waals surface area contributed by atoms with Gasteiger partial charge in [-0.15, -0.1) is 11.3 Å². The van der Waals surface area contributed by atoms with Crippen LogP contribution in [0.4, 0.5) is 0 Å². The summed E-state index contributed by atoms with van der Waals surface area (Å²) in [5.41, 5.74) is 5.55. The van der Waals surface area contributed by atoms with Crippen molar-refractivity contribution in [2.45, 2.75) is 96.8 Å². The average molecular weight is 535 g/mol. The Kier molecular flexibility index (Phi) is 7.85. The molecule has 38 heavy (non-hydrogen) atoms.